The number of amides is 1. The molecule has 5 nitrogen and oxygen atoms in total. The van der Waals surface area contributed by atoms with Gasteiger partial charge in [0, 0.05) is 25.4 Å². The van der Waals surface area contributed by atoms with Crippen molar-refractivity contribution in [2.75, 3.05) is 13.7 Å². The van der Waals surface area contributed by atoms with E-state index in [2.05, 4.69) is 5.10 Å². The van der Waals surface area contributed by atoms with Gasteiger partial charge in [-0.3, -0.25) is 9.48 Å². The summed E-state index contributed by atoms with van der Waals surface area (Å²) in [5, 5.41) is 4.93. The minimum absolute atomic E-state index is 0.0786. The number of carbonyl (C=O) groups is 1. The predicted molar refractivity (Wildman–Crippen MR) is 86.3 cm³/mol. The van der Waals surface area contributed by atoms with Crippen molar-refractivity contribution in [3.63, 3.8) is 0 Å². The molecule has 0 N–H and O–H groups in total. The summed E-state index contributed by atoms with van der Waals surface area (Å²) in [7, 11) is 1.74. The highest BCUT2D eigenvalue weighted by molar-refractivity contribution is 6.31. The summed E-state index contributed by atoms with van der Waals surface area (Å²) >= 11 is 6.14. The lowest BCUT2D eigenvalue weighted by Gasteiger charge is -2.16. The van der Waals surface area contributed by atoms with Crippen LogP contribution in [0.25, 0.3) is 0 Å². The second-order valence-corrected chi connectivity index (χ2v) is 5.31. The Morgan fingerprint density at radius 3 is 2.55 bits per heavy atom. The zero-order valence-electron chi connectivity index (χ0n) is 13.0. The van der Waals surface area contributed by atoms with E-state index in [1.807, 2.05) is 13.8 Å². The van der Waals surface area contributed by atoms with Crippen LogP contribution in [0, 0.1) is 0 Å². The number of halogens is 1. The molecule has 2 rings (SSSR count). The van der Waals surface area contributed by atoms with Crippen LogP contribution in [0.2, 0.25) is 5.02 Å². The molecule has 118 valence electrons. The van der Waals surface area contributed by atoms with E-state index in [9.17, 15) is 4.79 Å². The van der Waals surface area contributed by atoms with E-state index < -0.39 is 0 Å². The maximum Gasteiger partial charge on any atom is 0.253 e. The van der Waals surface area contributed by atoms with E-state index >= 15 is 0 Å². The molecule has 0 atom stereocenters. The third kappa shape index (κ3) is 3.80. The summed E-state index contributed by atoms with van der Waals surface area (Å²) < 4.78 is 7.13. The van der Waals surface area contributed by atoms with E-state index in [1.54, 1.807) is 47.1 Å². The van der Waals surface area contributed by atoms with E-state index in [0.29, 0.717) is 29.4 Å². The highest BCUT2D eigenvalue weighted by Crippen LogP contribution is 2.18. The minimum Gasteiger partial charge on any atom is -0.494 e. The number of ether oxygens (including phenoxy) is 1. The third-order valence-electron chi connectivity index (χ3n) is 3.26. The third-order valence-corrected chi connectivity index (χ3v) is 3.57. The monoisotopic (exact) mass is 321 g/mol. The zero-order chi connectivity index (χ0) is 16.1. The standard InChI is InChI=1S/C16H20ClN3O2/c1-4-20-10-14(17)15(18-20)11-19(3)16(21)12-6-8-13(9-7-12)22-5-2/h6-10H,4-5,11H2,1-3H3. The zero-order valence-corrected chi connectivity index (χ0v) is 13.8. The number of benzene rings is 1. The van der Waals surface area contributed by atoms with Gasteiger partial charge in [-0.15, -0.1) is 0 Å². The van der Waals surface area contributed by atoms with Crippen LogP contribution in [0.4, 0.5) is 0 Å². The second kappa shape index (κ2) is 7.31. The maximum absolute atomic E-state index is 12.4. The van der Waals surface area contributed by atoms with Crippen molar-refractivity contribution in [2.45, 2.75) is 26.9 Å². The van der Waals surface area contributed by atoms with Crippen LogP contribution in [-0.4, -0.2) is 34.2 Å². The van der Waals surface area contributed by atoms with E-state index in [4.69, 9.17) is 16.3 Å². The van der Waals surface area contributed by atoms with Crippen LogP contribution >= 0.6 is 11.6 Å². The molecule has 1 heterocycles. The second-order valence-electron chi connectivity index (χ2n) is 4.90. The molecule has 1 aromatic carbocycles. The molecule has 0 bridgehead atoms. The average molecular weight is 322 g/mol. The van der Waals surface area contributed by atoms with Crippen molar-refractivity contribution in [1.29, 1.82) is 0 Å². The highest BCUT2D eigenvalue weighted by Gasteiger charge is 2.15. The van der Waals surface area contributed by atoms with Gasteiger partial charge in [0.1, 0.15) is 11.4 Å². The molecule has 1 aromatic heterocycles. The molecular formula is C16H20ClN3O2. The Labute approximate surface area is 135 Å². The molecule has 1 amide bonds. The Morgan fingerprint density at radius 2 is 2.00 bits per heavy atom. The van der Waals surface area contributed by atoms with Gasteiger partial charge in [-0.05, 0) is 38.1 Å². The molecule has 6 heteroatoms. The fourth-order valence-electron chi connectivity index (χ4n) is 2.08. The average Bonchev–Trinajstić information content (AvgIpc) is 2.88. The van der Waals surface area contributed by atoms with Crippen LogP contribution in [0.5, 0.6) is 5.75 Å². The highest BCUT2D eigenvalue weighted by atomic mass is 35.5. The Hall–Kier alpha value is -2.01. The molecule has 0 aliphatic carbocycles. The van der Waals surface area contributed by atoms with Crippen molar-refractivity contribution in [1.82, 2.24) is 14.7 Å². The quantitative estimate of drug-likeness (QED) is 0.820. The smallest absolute Gasteiger partial charge is 0.253 e. The van der Waals surface area contributed by atoms with Crippen molar-refractivity contribution in [3.8, 4) is 5.75 Å². The number of carbonyl (C=O) groups excluding carboxylic acids is 1. The first-order valence-corrected chi connectivity index (χ1v) is 7.63. The van der Waals surface area contributed by atoms with Gasteiger partial charge in [-0.2, -0.15) is 5.10 Å². The number of hydrogen-bond acceptors (Lipinski definition) is 3. The summed E-state index contributed by atoms with van der Waals surface area (Å²) in [5.41, 5.74) is 1.31. The fraction of sp³-hybridized carbons (Fsp3) is 0.375. The molecule has 0 aliphatic heterocycles. The van der Waals surface area contributed by atoms with Crippen molar-refractivity contribution < 1.29 is 9.53 Å². The topological polar surface area (TPSA) is 47.4 Å². The number of nitrogens with zero attached hydrogens (tertiary/aromatic N) is 3. The summed E-state index contributed by atoms with van der Waals surface area (Å²) in [6, 6.07) is 7.11. The number of aromatic nitrogens is 2. The van der Waals surface area contributed by atoms with Gasteiger partial charge in [-0.1, -0.05) is 11.6 Å². The first-order valence-electron chi connectivity index (χ1n) is 7.25. The summed E-state index contributed by atoms with van der Waals surface area (Å²) in [4.78, 5) is 14.0. The number of hydrogen-bond donors (Lipinski definition) is 0. The first-order chi connectivity index (χ1) is 10.5. The molecule has 0 radical (unpaired) electrons. The molecule has 2 aromatic rings. The molecule has 0 aliphatic rings. The van der Waals surface area contributed by atoms with Gasteiger partial charge in [0.25, 0.3) is 5.91 Å². The molecule has 0 spiro atoms. The van der Waals surface area contributed by atoms with Crippen molar-refractivity contribution in [3.05, 3.63) is 46.7 Å². The van der Waals surface area contributed by atoms with Gasteiger partial charge in [0.05, 0.1) is 18.2 Å². The molecule has 0 saturated carbocycles. The first kappa shape index (κ1) is 16.4. The molecule has 0 saturated heterocycles. The number of rotatable bonds is 6. The van der Waals surface area contributed by atoms with Crippen LogP contribution in [-0.2, 0) is 13.1 Å². The van der Waals surface area contributed by atoms with Crippen LogP contribution in [0.15, 0.2) is 30.5 Å². The lowest BCUT2D eigenvalue weighted by Crippen LogP contribution is -2.26. The predicted octanol–water partition coefficient (Wildman–Crippen LogP) is 3.23. The number of aryl methyl sites for hydroxylation is 1. The fourth-order valence-corrected chi connectivity index (χ4v) is 2.29. The summed E-state index contributed by atoms with van der Waals surface area (Å²) in [6.07, 6.45) is 1.77. The largest absolute Gasteiger partial charge is 0.494 e. The van der Waals surface area contributed by atoms with Gasteiger partial charge >= 0.3 is 0 Å². The molecular weight excluding hydrogens is 302 g/mol. The van der Waals surface area contributed by atoms with Gasteiger partial charge in [0.2, 0.25) is 0 Å². The SMILES string of the molecule is CCOc1ccc(C(=O)N(C)Cc2nn(CC)cc2Cl)cc1. The summed E-state index contributed by atoms with van der Waals surface area (Å²) in [5.74, 6) is 0.677. The molecule has 22 heavy (non-hydrogen) atoms. The van der Waals surface area contributed by atoms with E-state index in [0.717, 1.165) is 12.3 Å². The minimum atomic E-state index is -0.0786. The van der Waals surface area contributed by atoms with E-state index in [1.165, 1.54) is 0 Å². The van der Waals surface area contributed by atoms with Crippen LogP contribution in [0.3, 0.4) is 0 Å². The van der Waals surface area contributed by atoms with Crippen LogP contribution < -0.4 is 4.74 Å². The van der Waals surface area contributed by atoms with Gasteiger partial charge in [-0.25, -0.2) is 0 Å². The Bertz CT molecular complexity index is 637. The van der Waals surface area contributed by atoms with Crippen molar-refractivity contribution in [2.24, 2.45) is 0 Å². The van der Waals surface area contributed by atoms with E-state index in [-0.39, 0.29) is 5.91 Å². The lowest BCUT2D eigenvalue weighted by molar-refractivity contribution is 0.0783. The van der Waals surface area contributed by atoms with Gasteiger partial charge < -0.3 is 9.64 Å². The molecule has 0 fully saturated rings. The van der Waals surface area contributed by atoms with Gasteiger partial charge in [0.15, 0.2) is 0 Å². The Morgan fingerprint density at radius 1 is 1.32 bits per heavy atom. The Balaban J connectivity index is 2.06. The Kier molecular flexibility index (Phi) is 5.44. The maximum atomic E-state index is 12.4. The summed E-state index contributed by atoms with van der Waals surface area (Å²) in [6.45, 7) is 5.63. The van der Waals surface area contributed by atoms with Crippen molar-refractivity contribution >= 4 is 17.5 Å². The van der Waals surface area contributed by atoms with Crippen LogP contribution in [0.1, 0.15) is 29.9 Å². The normalized spacial score (nSPS) is 10.5. The lowest BCUT2D eigenvalue weighted by atomic mass is 10.2. The molecule has 0 unspecified atom stereocenters.